The number of carbonyl (C=O) groups excluding carboxylic acids is 2. The number of fused-ring (bicyclic) bond motifs is 1. The second-order valence-corrected chi connectivity index (χ2v) is 9.19. The molecule has 1 unspecified atom stereocenters. The molecule has 1 saturated heterocycles. The molecule has 4 rings (SSSR count). The van der Waals surface area contributed by atoms with Crippen LogP contribution >= 0.6 is 11.8 Å². The van der Waals surface area contributed by atoms with Crippen LogP contribution in [0.4, 0.5) is 16.2 Å². The first kappa shape index (κ1) is 22.9. The monoisotopic (exact) mass is 464 g/mol. The Bertz CT molecular complexity index is 1140. The number of nitrogens with one attached hydrogen (secondary N) is 2. The van der Waals surface area contributed by atoms with Crippen molar-refractivity contribution in [1.29, 1.82) is 0 Å². The van der Waals surface area contributed by atoms with Crippen LogP contribution in [-0.2, 0) is 9.53 Å². The highest BCUT2D eigenvalue weighted by atomic mass is 32.2. The number of anilines is 2. The van der Waals surface area contributed by atoms with Gasteiger partial charge in [0, 0.05) is 23.7 Å². The lowest BCUT2D eigenvalue weighted by atomic mass is 9.94. The van der Waals surface area contributed by atoms with Gasteiger partial charge in [-0.1, -0.05) is 36.0 Å². The SMILES string of the molecule is COC(=O)C1=C(C)N=C2SCCCN2C1c1ccc(NC(=O)Nc2cccc(C)c2C)cc1. The van der Waals surface area contributed by atoms with Crippen molar-refractivity contribution < 1.29 is 14.3 Å². The van der Waals surface area contributed by atoms with Crippen LogP contribution in [0.25, 0.3) is 0 Å². The van der Waals surface area contributed by atoms with Gasteiger partial charge < -0.3 is 20.3 Å². The predicted octanol–water partition coefficient (Wildman–Crippen LogP) is 5.24. The van der Waals surface area contributed by atoms with E-state index in [1.165, 1.54) is 7.11 Å². The van der Waals surface area contributed by atoms with E-state index in [9.17, 15) is 9.59 Å². The Kier molecular flexibility index (Phi) is 6.74. The molecule has 0 bridgehead atoms. The molecule has 2 amide bonds. The third-order valence-corrected chi connectivity index (χ3v) is 7.08. The van der Waals surface area contributed by atoms with E-state index in [1.54, 1.807) is 11.8 Å². The fourth-order valence-electron chi connectivity index (χ4n) is 4.11. The van der Waals surface area contributed by atoms with Crippen LogP contribution in [0.3, 0.4) is 0 Å². The summed E-state index contributed by atoms with van der Waals surface area (Å²) in [5.41, 5.74) is 5.79. The summed E-state index contributed by atoms with van der Waals surface area (Å²) in [7, 11) is 1.39. The Hall–Kier alpha value is -3.26. The number of amidine groups is 1. The zero-order valence-corrected chi connectivity index (χ0v) is 20.1. The van der Waals surface area contributed by atoms with Crippen molar-refractivity contribution >= 4 is 40.3 Å². The molecule has 0 aliphatic carbocycles. The molecule has 2 aromatic carbocycles. The van der Waals surface area contributed by atoms with E-state index < -0.39 is 0 Å². The molecule has 1 fully saturated rings. The molecule has 33 heavy (non-hydrogen) atoms. The molecule has 0 radical (unpaired) electrons. The van der Waals surface area contributed by atoms with Crippen molar-refractivity contribution in [3.05, 3.63) is 70.4 Å². The number of nitrogens with zero attached hydrogens (tertiary/aromatic N) is 2. The number of aliphatic imine (C=N–C) groups is 1. The Morgan fingerprint density at radius 1 is 1.09 bits per heavy atom. The van der Waals surface area contributed by atoms with Gasteiger partial charge in [-0.15, -0.1) is 0 Å². The number of methoxy groups -OCH3 is 1. The van der Waals surface area contributed by atoms with Gasteiger partial charge in [0.15, 0.2) is 5.17 Å². The average Bonchev–Trinajstić information content (AvgIpc) is 2.81. The number of esters is 1. The van der Waals surface area contributed by atoms with E-state index in [0.717, 1.165) is 46.3 Å². The summed E-state index contributed by atoms with van der Waals surface area (Å²) in [6.07, 6.45) is 1.02. The maximum absolute atomic E-state index is 12.6. The van der Waals surface area contributed by atoms with Gasteiger partial charge in [0.25, 0.3) is 0 Å². The fourth-order valence-corrected chi connectivity index (χ4v) is 5.13. The first-order chi connectivity index (χ1) is 15.9. The Labute approximate surface area is 198 Å². The molecular weight excluding hydrogens is 436 g/mol. The number of benzene rings is 2. The number of ether oxygens (including phenoxy) is 1. The van der Waals surface area contributed by atoms with Crippen molar-refractivity contribution in [3.8, 4) is 0 Å². The molecule has 2 aliphatic heterocycles. The third kappa shape index (κ3) is 4.75. The van der Waals surface area contributed by atoms with Gasteiger partial charge >= 0.3 is 12.0 Å². The zero-order valence-electron chi connectivity index (χ0n) is 19.3. The van der Waals surface area contributed by atoms with E-state index >= 15 is 0 Å². The number of carbonyl (C=O) groups is 2. The van der Waals surface area contributed by atoms with Crippen LogP contribution in [0.2, 0.25) is 0 Å². The molecule has 2 heterocycles. The minimum Gasteiger partial charge on any atom is -0.466 e. The Morgan fingerprint density at radius 2 is 1.85 bits per heavy atom. The van der Waals surface area contributed by atoms with Gasteiger partial charge in [-0.2, -0.15) is 0 Å². The molecule has 0 aromatic heterocycles. The third-order valence-electron chi connectivity index (χ3n) is 6.00. The second kappa shape index (κ2) is 9.70. The largest absolute Gasteiger partial charge is 0.466 e. The molecule has 0 spiro atoms. The molecule has 1 atom stereocenters. The number of rotatable bonds is 4. The number of aryl methyl sites for hydroxylation is 1. The minimum atomic E-state index is -0.369. The molecule has 0 saturated carbocycles. The maximum atomic E-state index is 12.6. The second-order valence-electron chi connectivity index (χ2n) is 8.13. The van der Waals surface area contributed by atoms with Gasteiger partial charge in [0.05, 0.1) is 24.4 Å². The normalized spacial score (nSPS) is 17.8. The van der Waals surface area contributed by atoms with Crippen molar-refractivity contribution in [2.75, 3.05) is 30.0 Å². The van der Waals surface area contributed by atoms with Crippen molar-refractivity contribution in [2.45, 2.75) is 33.2 Å². The van der Waals surface area contributed by atoms with E-state index in [-0.39, 0.29) is 18.0 Å². The van der Waals surface area contributed by atoms with E-state index in [4.69, 9.17) is 4.74 Å². The van der Waals surface area contributed by atoms with Gasteiger partial charge in [-0.3, -0.25) is 0 Å². The summed E-state index contributed by atoms with van der Waals surface area (Å²) in [6, 6.07) is 12.8. The molecular formula is C25H28N4O3S. The summed E-state index contributed by atoms with van der Waals surface area (Å²) < 4.78 is 5.08. The summed E-state index contributed by atoms with van der Waals surface area (Å²) >= 11 is 1.71. The van der Waals surface area contributed by atoms with E-state index in [0.29, 0.717) is 17.0 Å². The highest BCUT2D eigenvalue weighted by molar-refractivity contribution is 8.13. The lowest BCUT2D eigenvalue weighted by Gasteiger charge is -2.40. The van der Waals surface area contributed by atoms with Crippen LogP contribution in [0, 0.1) is 13.8 Å². The maximum Gasteiger partial charge on any atom is 0.338 e. The van der Waals surface area contributed by atoms with Crippen LogP contribution in [-0.4, -0.2) is 41.5 Å². The Balaban J connectivity index is 1.55. The van der Waals surface area contributed by atoms with Crippen LogP contribution < -0.4 is 10.6 Å². The summed E-state index contributed by atoms with van der Waals surface area (Å²) in [6.45, 7) is 6.67. The number of allylic oxidation sites excluding steroid dienone is 1. The van der Waals surface area contributed by atoms with Gasteiger partial charge in [-0.25, -0.2) is 14.6 Å². The highest BCUT2D eigenvalue weighted by Crippen LogP contribution is 2.40. The lowest BCUT2D eigenvalue weighted by Crippen LogP contribution is -2.42. The van der Waals surface area contributed by atoms with Gasteiger partial charge in [0.1, 0.15) is 0 Å². The van der Waals surface area contributed by atoms with Crippen LogP contribution in [0.5, 0.6) is 0 Å². The lowest BCUT2D eigenvalue weighted by molar-refractivity contribution is -0.136. The standard InChI is InChI=1S/C25H28N4O3S/c1-15-7-5-8-20(16(15)2)28-24(31)27-19-11-9-18(10-12-19)22-21(23(30)32-4)17(3)26-25-29(22)13-6-14-33-25/h5,7-12,22H,6,13-14H2,1-4H3,(H2,27,28,31). The summed E-state index contributed by atoms with van der Waals surface area (Å²) in [5, 5.41) is 6.72. The molecule has 172 valence electrons. The first-order valence-electron chi connectivity index (χ1n) is 10.9. The average molecular weight is 465 g/mol. The summed E-state index contributed by atoms with van der Waals surface area (Å²) in [4.78, 5) is 32.0. The van der Waals surface area contributed by atoms with Crippen LogP contribution in [0.15, 0.2) is 58.7 Å². The smallest absolute Gasteiger partial charge is 0.338 e. The predicted molar refractivity (Wildman–Crippen MR) is 134 cm³/mol. The van der Waals surface area contributed by atoms with Crippen LogP contribution in [0.1, 0.15) is 36.1 Å². The van der Waals surface area contributed by atoms with E-state index in [1.807, 2.05) is 63.2 Å². The molecule has 8 heteroatoms. The van der Waals surface area contributed by atoms with Crippen molar-refractivity contribution in [1.82, 2.24) is 4.90 Å². The fraction of sp³-hybridized carbons (Fsp3) is 0.320. The Morgan fingerprint density at radius 3 is 2.58 bits per heavy atom. The molecule has 2 aromatic rings. The summed E-state index contributed by atoms with van der Waals surface area (Å²) in [5.74, 6) is 0.646. The number of thioether (sulfide) groups is 1. The van der Waals surface area contributed by atoms with E-state index in [2.05, 4.69) is 20.5 Å². The topological polar surface area (TPSA) is 83.0 Å². The number of hydrogen-bond donors (Lipinski definition) is 2. The minimum absolute atomic E-state index is 0.268. The zero-order chi connectivity index (χ0) is 23.5. The quantitative estimate of drug-likeness (QED) is 0.605. The molecule has 2 aliphatic rings. The number of urea groups is 1. The van der Waals surface area contributed by atoms with Gasteiger partial charge in [-0.05, 0) is 62.1 Å². The number of hydrogen-bond acceptors (Lipinski definition) is 6. The first-order valence-corrected chi connectivity index (χ1v) is 11.9. The van der Waals surface area contributed by atoms with Gasteiger partial charge in [0.2, 0.25) is 0 Å². The van der Waals surface area contributed by atoms with Crippen molar-refractivity contribution in [2.24, 2.45) is 4.99 Å². The number of amides is 2. The highest BCUT2D eigenvalue weighted by Gasteiger charge is 2.37. The van der Waals surface area contributed by atoms with Crippen molar-refractivity contribution in [3.63, 3.8) is 0 Å². The molecule has 2 N–H and O–H groups in total. The molecule has 7 nitrogen and oxygen atoms in total.